The zero-order valence-corrected chi connectivity index (χ0v) is 13.9. The number of unbranched alkanes of at least 4 members (excludes halogenated alkanes) is 1. The van der Waals surface area contributed by atoms with Gasteiger partial charge in [0.25, 0.3) is 0 Å². The lowest BCUT2D eigenvalue weighted by Crippen LogP contribution is -2.08. The van der Waals surface area contributed by atoms with Crippen LogP contribution in [0.5, 0.6) is 5.75 Å². The van der Waals surface area contributed by atoms with Crippen LogP contribution in [0.2, 0.25) is 0 Å². The summed E-state index contributed by atoms with van der Waals surface area (Å²) >= 11 is 0. The molecule has 1 atom stereocenters. The minimum atomic E-state index is -0.940. The molecule has 0 aromatic heterocycles. The van der Waals surface area contributed by atoms with E-state index in [1.165, 1.54) is 18.2 Å². The van der Waals surface area contributed by atoms with E-state index in [2.05, 4.69) is 0 Å². The average Bonchev–Trinajstić information content (AvgIpc) is 2.86. The van der Waals surface area contributed by atoms with Crippen molar-refractivity contribution in [1.82, 2.24) is 0 Å². The predicted molar refractivity (Wildman–Crippen MR) is 94.4 cm³/mol. The van der Waals surface area contributed by atoms with Gasteiger partial charge >= 0.3 is 5.97 Å². The van der Waals surface area contributed by atoms with Gasteiger partial charge in [-0.2, -0.15) is 0 Å². The molecule has 0 fully saturated rings. The van der Waals surface area contributed by atoms with Crippen molar-refractivity contribution in [3.05, 3.63) is 65.8 Å². The van der Waals surface area contributed by atoms with E-state index in [9.17, 15) is 14.7 Å². The smallest absolute Gasteiger partial charge is 0.307 e. The Labute approximate surface area is 146 Å². The highest BCUT2D eigenvalue weighted by atomic mass is 16.5. The Morgan fingerprint density at radius 2 is 1.96 bits per heavy atom. The highest BCUT2D eigenvalue weighted by Crippen LogP contribution is 2.25. The molecule has 2 rings (SSSR count). The summed E-state index contributed by atoms with van der Waals surface area (Å²) in [7, 11) is 0. The zero-order valence-electron chi connectivity index (χ0n) is 13.9. The number of hydrogen-bond acceptors (Lipinski definition) is 4. The molecule has 132 valence electrons. The Kier molecular flexibility index (Phi) is 7.16. The van der Waals surface area contributed by atoms with Gasteiger partial charge in [0.15, 0.2) is 5.78 Å². The summed E-state index contributed by atoms with van der Waals surface area (Å²) < 4.78 is 5.60. The van der Waals surface area contributed by atoms with E-state index in [-0.39, 0.29) is 17.8 Å². The highest BCUT2D eigenvalue weighted by molar-refractivity contribution is 6.12. The van der Waals surface area contributed by atoms with E-state index in [4.69, 9.17) is 9.84 Å². The van der Waals surface area contributed by atoms with Gasteiger partial charge in [0, 0.05) is 5.57 Å². The van der Waals surface area contributed by atoms with Gasteiger partial charge < -0.3 is 14.9 Å². The van der Waals surface area contributed by atoms with Crippen LogP contribution >= 0.6 is 0 Å². The number of Topliss-reactive ketones (excluding diaryl/α,β-unsaturated/α-hetero) is 1. The van der Waals surface area contributed by atoms with Crippen molar-refractivity contribution in [2.75, 3.05) is 6.61 Å². The van der Waals surface area contributed by atoms with E-state index in [1.54, 1.807) is 6.08 Å². The number of ether oxygens (including phenoxy) is 1. The molecule has 5 heteroatoms. The van der Waals surface area contributed by atoms with Gasteiger partial charge in [-0.15, -0.1) is 0 Å². The summed E-state index contributed by atoms with van der Waals surface area (Å²) in [6, 6.07) is 9.55. The predicted octanol–water partition coefficient (Wildman–Crippen LogP) is 3.06. The lowest BCUT2D eigenvalue weighted by Gasteiger charge is -2.06. The number of benzene rings is 1. The van der Waals surface area contributed by atoms with Gasteiger partial charge in [0.2, 0.25) is 0 Å². The van der Waals surface area contributed by atoms with Crippen LogP contribution in [0.15, 0.2) is 65.8 Å². The molecular formula is C20H22O5. The molecule has 0 radical (unpaired) electrons. The van der Waals surface area contributed by atoms with Crippen molar-refractivity contribution >= 4 is 11.8 Å². The maximum Gasteiger partial charge on any atom is 0.307 e. The van der Waals surface area contributed by atoms with E-state index < -0.39 is 12.1 Å². The molecule has 25 heavy (non-hydrogen) atoms. The fourth-order valence-corrected chi connectivity index (χ4v) is 2.51. The number of rotatable bonds is 9. The first-order valence-corrected chi connectivity index (χ1v) is 8.27. The number of aliphatic hydroxyl groups is 1. The number of carboxylic acid groups (broad SMARTS) is 1. The molecule has 0 spiro atoms. The lowest BCUT2D eigenvalue weighted by atomic mass is 10.0. The van der Waals surface area contributed by atoms with Gasteiger partial charge in [-0.25, -0.2) is 0 Å². The number of ketones is 1. The zero-order chi connectivity index (χ0) is 18.1. The van der Waals surface area contributed by atoms with Crippen LogP contribution in [-0.2, 0) is 9.59 Å². The van der Waals surface area contributed by atoms with Crippen LogP contribution in [0, 0.1) is 0 Å². The van der Waals surface area contributed by atoms with Crippen molar-refractivity contribution in [1.29, 1.82) is 0 Å². The first-order chi connectivity index (χ1) is 12.1. The fraction of sp³-hybridized carbons (Fsp3) is 0.300. The topological polar surface area (TPSA) is 83.8 Å². The molecule has 0 heterocycles. The second-order valence-corrected chi connectivity index (χ2v) is 5.73. The standard InChI is InChI=1S/C20H22O5/c21-18-14-15(20(24)17(18)11-4-5-12-19(22)23)8-6-7-13-25-16-9-2-1-3-10-16/h1-5,9-11,14,18,21H,6-8,12-13H2,(H,22,23). The molecule has 0 saturated heterocycles. The number of allylic oxidation sites excluding steroid dienone is 3. The second kappa shape index (κ2) is 9.59. The molecule has 1 unspecified atom stereocenters. The summed E-state index contributed by atoms with van der Waals surface area (Å²) in [5, 5.41) is 18.5. The van der Waals surface area contributed by atoms with E-state index in [1.807, 2.05) is 30.3 Å². The van der Waals surface area contributed by atoms with Gasteiger partial charge in [0.05, 0.1) is 13.0 Å². The Morgan fingerprint density at radius 1 is 1.20 bits per heavy atom. The molecule has 0 amide bonds. The van der Waals surface area contributed by atoms with Crippen molar-refractivity contribution in [3.63, 3.8) is 0 Å². The Morgan fingerprint density at radius 3 is 2.68 bits per heavy atom. The van der Waals surface area contributed by atoms with Crippen LogP contribution in [0.3, 0.4) is 0 Å². The van der Waals surface area contributed by atoms with E-state index in [0.29, 0.717) is 18.6 Å². The molecule has 1 aromatic carbocycles. The van der Waals surface area contributed by atoms with Crippen LogP contribution < -0.4 is 4.74 Å². The van der Waals surface area contributed by atoms with Crippen LogP contribution in [0.1, 0.15) is 25.7 Å². The third kappa shape index (κ3) is 6.04. The molecule has 0 saturated carbocycles. The summed E-state index contributed by atoms with van der Waals surface area (Å²) in [5.41, 5.74) is 0.891. The number of hydrogen-bond donors (Lipinski definition) is 2. The van der Waals surface area contributed by atoms with Crippen molar-refractivity contribution in [2.24, 2.45) is 0 Å². The van der Waals surface area contributed by atoms with Gasteiger partial charge in [-0.3, -0.25) is 9.59 Å². The van der Waals surface area contributed by atoms with Gasteiger partial charge in [-0.1, -0.05) is 36.4 Å². The summed E-state index contributed by atoms with van der Waals surface area (Å²) in [6.45, 7) is 0.578. The van der Waals surface area contributed by atoms with Crippen LogP contribution in [-0.4, -0.2) is 34.7 Å². The number of para-hydroxylation sites is 1. The largest absolute Gasteiger partial charge is 0.494 e. The molecule has 1 aliphatic carbocycles. The summed E-state index contributed by atoms with van der Waals surface area (Å²) in [6.07, 6.45) is 7.14. The summed E-state index contributed by atoms with van der Waals surface area (Å²) in [4.78, 5) is 22.7. The Balaban J connectivity index is 1.74. The molecular weight excluding hydrogens is 320 g/mol. The normalized spacial score (nSPS) is 18.8. The van der Waals surface area contributed by atoms with Gasteiger partial charge in [-0.05, 0) is 43.0 Å². The second-order valence-electron chi connectivity index (χ2n) is 5.73. The lowest BCUT2D eigenvalue weighted by molar-refractivity contribution is -0.136. The average molecular weight is 342 g/mol. The number of carbonyl (C=O) groups excluding carboxylic acids is 1. The molecule has 2 N–H and O–H groups in total. The van der Waals surface area contributed by atoms with Crippen molar-refractivity contribution < 1.29 is 24.5 Å². The van der Waals surface area contributed by atoms with Crippen molar-refractivity contribution in [3.8, 4) is 5.75 Å². The number of carbonyl (C=O) groups is 2. The number of aliphatic carboxylic acids is 1. The quantitative estimate of drug-likeness (QED) is 0.532. The highest BCUT2D eigenvalue weighted by Gasteiger charge is 2.27. The molecule has 0 bridgehead atoms. The Bertz CT molecular complexity index is 685. The SMILES string of the molecule is O=C(O)CC=CC=C1C(=O)C(CCCCOc2ccccc2)=CC1O. The van der Waals surface area contributed by atoms with Crippen molar-refractivity contribution in [2.45, 2.75) is 31.8 Å². The first-order valence-electron chi connectivity index (χ1n) is 8.27. The number of carboxylic acids is 1. The molecule has 1 aliphatic rings. The van der Waals surface area contributed by atoms with Crippen LogP contribution in [0.4, 0.5) is 0 Å². The molecule has 5 nitrogen and oxygen atoms in total. The third-order valence-corrected chi connectivity index (χ3v) is 3.79. The monoisotopic (exact) mass is 342 g/mol. The molecule has 0 aliphatic heterocycles. The third-order valence-electron chi connectivity index (χ3n) is 3.79. The molecule has 1 aromatic rings. The maximum absolute atomic E-state index is 12.3. The minimum absolute atomic E-state index is 0.115. The summed E-state index contributed by atoms with van der Waals surface area (Å²) in [5.74, 6) is -0.284. The number of aliphatic hydroxyl groups excluding tert-OH is 1. The maximum atomic E-state index is 12.3. The van der Waals surface area contributed by atoms with E-state index in [0.717, 1.165) is 18.6 Å². The van der Waals surface area contributed by atoms with Gasteiger partial charge in [0.1, 0.15) is 11.9 Å². The first kappa shape index (κ1) is 18.7. The Hall–Kier alpha value is -2.66. The fourth-order valence-electron chi connectivity index (χ4n) is 2.51. The van der Waals surface area contributed by atoms with Crippen LogP contribution in [0.25, 0.3) is 0 Å². The van der Waals surface area contributed by atoms with E-state index >= 15 is 0 Å². The minimum Gasteiger partial charge on any atom is -0.494 e.